The van der Waals surface area contributed by atoms with E-state index in [-0.39, 0.29) is 18.2 Å². The van der Waals surface area contributed by atoms with Crippen molar-refractivity contribution in [2.75, 3.05) is 6.61 Å². The first-order chi connectivity index (χ1) is 10.4. The molecule has 0 spiro atoms. The zero-order valence-corrected chi connectivity index (χ0v) is 12.3. The highest BCUT2D eigenvalue weighted by molar-refractivity contribution is 6.15. The van der Waals surface area contributed by atoms with Gasteiger partial charge in [0.05, 0.1) is 18.2 Å². The normalized spacial score (nSPS) is 13.6. The zero-order chi connectivity index (χ0) is 16.7. The molecule has 0 saturated carbocycles. The Morgan fingerprint density at radius 1 is 1.50 bits per heavy atom. The minimum atomic E-state index is -1.26. The molecule has 22 heavy (non-hydrogen) atoms. The Morgan fingerprint density at radius 2 is 2.18 bits per heavy atom. The lowest BCUT2D eigenvalue weighted by atomic mass is 10.1. The van der Waals surface area contributed by atoms with Gasteiger partial charge < -0.3 is 9.84 Å². The van der Waals surface area contributed by atoms with Gasteiger partial charge in [0.1, 0.15) is 11.3 Å². The van der Waals surface area contributed by atoms with E-state index in [9.17, 15) is 18.7 Å². The van der Waals surface area contributed by atoms with Gasteiger partial charge in [-0.3, -0.25) is 4.99 Å². The van der Waals surface area contributed by atoms with Crippen LogP contribution in [-0.4, -0.2) is 29.9 Å². The Hall–Kier alpha value is -2.50. The second-order valence-electron chi connectivity index (χ2n) is 4.34. The molecule has 0 radical (unpaired) electrons. The van der Waals surface area contributed by atoms with Gasteiger partial charge in [-0.2, -0.15) is 0 Å². The van der Waals surface area contributed by atoms with Crippen molar-refractivity contribution in [3.63, 3.8) is 0 Å². The maximum absolute atomic E-state index is 13.7. The molecule has 1 aromatic rings. The fourth-order valence-electron chi connectivity index (χ4n) is 1.50. The van der Waals surface area contributed by atoms with E-state index in [0.29, 0.717) is 0 Å². The number of hydrogen-bond acceptors (Lipinski definition) is 4. The first-order valence-corrected chi connectivity index (χ1v) is 6.62. The van der Waals surface area contributed by atoms with Crippen molar-refractivity contribution in [2.45, 2.75) is 19.9 Å². The number of carbonyl (C=O) groups excluding carboxylic acids is 1. The topological polar surface area (TPSA) is 58.9 Å². The summed E-state index contributed by atoms with van der Waals surface area (Å²) in [6, 6.07) is 2.95. The molecule has 0 amide bonds. The van der Waals surface area contributed by atoms with Gasteiger partial charge in [-0.05, 0) is 26.0 Å². The van der Waals surface area contributed by atoms with E-state index in [1.54, 1.807) is 13.8 Å². The van der Waals surface area contributed by atoms with Crippen LogP contribution >= 0.6 is 0 Å². The minimum Gasteiger partial charge on any atom is -0.506 e. The van der Waals surface area contributed by atoms with Crippen LogP contribution in [0.1, 0.15) is 19.4 Å². The number of carbonyl (C=O) groups is 1. The van der Waals surface area contributed by atoms with Crippen LogP contribution < -0.4 is 0 Å². The Kier molecular flexibility index (Phi) is 6.44. The first kappa shape index (κ1) is 17.6. The molecule has 0 aromatic heterocycles. The molecule has 1 atom stereocenters. The lowest BCUT2D eigenvalue weighted by Crippen LogP contribution is -2.13. The summed E-state index contributed by atoms with van der Waals surface area (Å²) < 4.78 is 31.8. The van der Waals surface area contributed by atoms with Crippen LogP contribution in [0.5, 0.6) is 0 Å². The average Bonchev–Trinajstić information content (AvgIpc) is 2.50. The molecule has 1 unspecified atom stereocenters. The van der Waals surface area contributed by atoms with E-state index in [0.717, 1.165) is 18.3 Å². The third-order valence-electron chi connectivity index (χ3n) is 2.74. The molecule has 0 aliphatic rings. The number of halogens is 2. The third-order valence-corrected chi connectivity index (χ3v) is 2.74. The number of benzene rings is 1. The largest absolute Gasteiger partial charge is 0.506 e. The summed E-state index contributed by atoms with van der Waals surface area (Å²) in [4.78, 5) is 15.8. The van der Waals surface area contributed by atoms with Crippen LogP contribution in [0.15, 0.2) is 41.4 Å². The lowest BCUT2D eigenvalue weighted by Gasteiger charge is -2.08. The number of aliphatic hydroxyl groups excluding tert-OH is 1. The van der Waals surface area contributed by atoms with Crippen molar-refractivity contribution in [3.05, 3.63) is 53.6 Å². The van der Waals surface area contributed by atoms with Crippen molar-refractivity contribution in [1.82, 2.24) is 0 Å². The number of rotatable bonds is 6. The fraction of sp³-hybridized carbons (Fsp3) is 0.250. The molecule has 1 rings (SSSR count). The Bertz CT molecular complexity index is 624. The molecule has 0 saturated heterocycles. The van der Waals surface area contributed by atoms with E-state index in [1.807, 2.05) is 0 Å². The van der Waals surface area contributed by atoms with Gasteiger partial charge in [0.15, 0.2) is 11.6 Å². The number of hydrogen-bond donors (Lipinski definition) is 1. The van der Waals surface area contributed by atoms with Crippen LogP contribution in [-0.2, 0) is 9.53 Å². The Morgan fingerprint density at radius 3 is 2.77 bits per heavy atom. The van der Waals surface area contributed by atoms with Gasteiger partial charge in [0.25, 0.3) is 0 Å². The molecular weight excluding hydrogens is 292 g/mol. The van der Waals surface area contributed by atoms with Gasteiger partial charge in [0.2, 0.25) is 0 Å². The smallest absolute Gasteiger partial charge is 0.343 e. The van der Waals surface area contributed by atoms with Crippen LogP contribution in [0.3, 0.4) is 0 Å². The standard InChI is InChI=1S/C16H17F2NO3/c1-4-10(3)19-9-12(16(21)22-5-2)15(20)11-7-6-8-13(17)14(11)18/h4,6-10,20H,1,5H2,2-3H3/b15-12-,19-9?. The van der Waals surface area contributed by atoms with E-state index in [4.69, 9.17) is 4.74 Å². The molecule has 118 valence electrons. The summed E-state index contributed by atoms with van der Waals surface area (Å²) >= 11 is 0. The quantitative estimate of drug-likeness (QED) is 0.288. The van der Waals surface area contributed by atoms with Gasteiger partial charge in [-0.15, -0.1) is 6.58 Å². The Labute approximate surface area is 127 Å². The summed E-state index contributed by atoms with van der Waals surface area (Å²) in [5, 5.41) is 10.1. The number of ether oxygens (including phenoxy) is 1. The van der Waals surface area contributed by atoms with Gasteiger partial charge >= 0.3 is 5.97 Å². The molecule has 0 aliphatic carbocycles. The monoisotopic (exact) mass is 309 g/mol. The maximum atomic E-state index is 13.7. The summed E-state index contributed by atoms with van der Waals surface area (Å²) in [5.41, 5.74) is -0.805. The van der Waals surface area contributed by atoms with Crippen molar-refractivity contribution >= 4 is 17.9 Å². The second-order valence-corrected chi connectivity index (χ2v) is 4.34. The molecule has 1 aromatic carbocycles. The predicted octanol–water partition coefficient (Wildman–Crippen LogP) is 3.44. The highest BCUT2D eigenvalue weighted by Crippen LogP contribution is 2.21. The van der Waals surface area contributed by atoms with Crippen LogP contribution in [0.2, 0.25) is 0 Å². The SMILES string of the molecule is C=CC(C)N=C/C(C(=O)OCC)=C(/O)c1cccc(F)c1F. The van der Waals surface area contributed by atoms with E-state index >= 15 is 0 Å². The predicted molar refractivity (Wildman–Crippen MR) is 80.7 cm³/mol. The maximum Gasteiger partial charge on any atom is 0.343 e. The second kappa shape index (κ2) is 8.07. The third kappa shape index (κ3) is 4.25. The molecule has 0 heterocycles. The van der Waals surface area contributed by atoms with Crippen molar-refractivity contribution in [3.8, 4) is 0 Å². The van der Waals surface area contributed by atoms with Crippen molar-refractivity contribution in [1.29, 1.82) is 0 Å². The summed E-state index contributed by atoms with van der Waals surface area (Å²) in [6.45, 7) is 6.87. The number of esters is 1. The van der Waals surface area contributed by atoms with Crippen LogP contribution in [0.4, 0.5) is 8.78 Å². The molecule has 0 bridgehead atoms. The van der Waals surface area contributed by atoms with Gasteiger partial charge in [0, 0.05) is 6.21 Å². The minimum absolute atomic E-state index is 0.0616. The number of aliphatic hydroxyl groups is 1. The summed E-state index contributed by atoms with van der Waals surface area (Å²) in [5.74, 6) is -4.02. The van der Waals surface area contributed by atoms with Gasteiger partial charge in [-0.1, -0.05) is 12.1 Å². The van der Waals surface area contributed by atoms with E-state index in [2.05, 4.69) is 11.6 Å². The number of aliphatic imine (C=N–C) groups is 1. The summed E-state index contributed by atoms with van der Waals surface area (Å²) in [7, 11) is 0. The molecule has 1 N–H and O–H groups in total. The molecule has 0 aliphatic heterocycles. The van der Waals surface area contributed by atoms with E-state index in [1.165, 1.54) is 12.1 Å². The average molecular weight is 309 g/mol. The molecular formula is C16H17F2NO3. The highest BCUT2D eigenvalue weighted by Gasteiger charge is 2.20. The number of nitrogens with zero attached hydrogens (tertiary/aromatic N) is 1. The van der Waals surface area contributed by atoms with Crippen molar-refractivity contribution < 1.29 is 23.4 Å². The molecule has 0 fully saturated rings. The highest BCUT2D eigenvalue weighted by atomic mass is 19.2. The van der Waals surface area contributed by atoms with Crippen molar-refractivity contribution in [2.24, 2.45) is 4.99 Å². The first-order valence-electron chi connectivity index (χ1n) is 6.62. The van der Waals surface area contributed by atoms with Crippen LogP contribution in [0, 0.1) is 11.6 Å². The Balaban J connectivity index is 3.38. The van der Waals surface area contributed by atoms with Crippen LogP contribution in [0.25, 0.3) is 5.76 Å². The lowest BCUT2D eigenvalue weighted by molar-refractivity contribution is -0.137. The molecule has 6 heteroatoms. The molecule has 4 nitrogen and oxygen atoms in total. The summed E-state index contributed by atoms with van der Waals surface area (Å²) in [6.07, 6.45) is 2.57. The van der Waals surface area contributed by atoms with E-state index < -0.39 is 28.9 Å². The van der Waals surface area contributed by atoms with Gasteiger partial charge in [-0.25, -0.2) is 13.6 Å². The zero-order valence-electron chi connectivity index (χ0n) is 12.3. The fourth-order valence-corrected chi connectivity index (χ4v) is 1.50.